The molecular weight excluding hydrogens is 254 g/mol. The first-order valence-electron chi connectivity index (χ1n) is 5.75. The van der Waals surface area contributed by atoms with Crippen LogP contribution in [0.15, 0.2) is 11.1 Å². The summed E-state index contributed by atoms with van der Waals surface area (Å²) in [6.07, 6.45) is 1.35. The highest BCUT2D eigenvalue weighted by molar-refractivity contribution is 6.32. The number of anilines is 1. The van der Waals surface area contributed by atoms with Crippen molar-refractivity contribution < 1.29 is 0 Å². The maximum Gasteiger partial charge on any atom is 0.271 e. The van der Waals surface area contributed by atoms with E-state index in [1.54, 1.807) is 0 Å². The van der Waals surface area contributed by atoms with E-state index in [1.165, 1.54) is 6.33 Å². The molecule has 7 heteroatoms. The van der Waals surface area contributed by atoms with Crippen molar-refractivity contribution in [1.82, 2.24) is 14.9 Å². The van der Waals surface area contributed by atoms with E-state index >= 15 is 0 Å². The molecule has 1 aliphatic rings. The van der Waals surface area contributed by atoms with E-state index in [-0.39, 0.29) is 16.6 Å². The van der Waals surface area contributed by atoms with Gasteiger partial charge in [-0.1, -0.05) is 11.6 Å². The Kier molecular flexibility index (Phi) is 3.84. The third-order valence-corrected chi connectivity index (χ3v) is 3.47. The summed E-state index contributed by atoms with van der Waals surface area (Å²) in [5, 5.41) is 8.99. The number of nitrogens with zero attached hydrogens (tertiary/aromatic N) is 4. The minimum atomic E-state index is -0.325. The summed E-state index contributed by atoms with van der Waals surface area (Å²) in [5.74, 6) is 0.518. The molecule has 0 spiro atoms. The minimum Gasteiger partial charge on any atom is -0.353 e. The highest BCUT2D eigenvalue weighted by Gasteiger charge is 2.23. The van der Waals surface area contributed by atoms with Crippen LogP contribution in [-0.2, 0) is 0 Å². The lowest BCUT2D eigenvalue weighted by molar-refractivity contribution is 0.231. The van der Waals surface area contributed by atoms with Crippen LogP contribution in [0.4, 0.5) is 5.82 Å². The van der Waals surface area contributed by atoms with Crippen LogP contribution in [0.3, 0.4) is 0 Å². The maximum atomic E-state index is 11.4. The second-order valence-corrected chi connectivity index (χ2v) is 4.58. The molecule has 2 rings (SSSR count). The van der Waals surface area contributed by atoms with E-state index in [1.807, 2.05) is 11.8 Å². The van der Waals surface area contributed by atoms with E-state index in [2.05, 4.69) is 20.9 Å². The number of rotatable bonds is 2. The molecule has 0 saturated carbocycles. The van der Waals surface area contributed by atoms with E-state index in [9.17, 15) is 4.79 Å². The third-order valence-electron chi connectivity index (χ3n) is 3.13. The lowest BCUT2D eigenvalue weighted by Gasteiger charge is -2.36. The fourth-order valence-electron chi connectivity index (χ4n) is 2.00. The van der Waals surface area contributed by atoms with Gasteiger partial charge < -0.3 is 9.88 Å². The molecule has 1 unspecified atom stereocenters. The van der Waals surface area contributed by atoms with Crippen molar-refractivity contribution in [2.45, 2.75) is 13.0 Å². The van der Waals surface area contributed by atoms with E-state index in [0.717, 1.165) is 13.1 Å². The van der Waals surface area contributed by atoms with E-state index in [0.29, 0.717) is 18.9 Å². The Hall–Kier alpha value is -1.58. The van der Waals surface area contributed by atoms with E-state index < -0.39 is 0 Å². The van der Waals surface area contributed by atoms with Crippen molar-refractivity contribution in [3.05, 3.63) is 21.7 Å². The summed E-state index contributed by atoms with van der Waals surface area (Å²) in [6, 6.07) is 2.13. The SMILES string of the molecule is CC(C#N)N1CCN(c2nc[nH]c(=O)c2Cl)CC1. The Morgan fingerprint density at radius 2 is 2.17 bits per heavy atom. The number of aromatic amines is 1. The van der Waals surface area contributed by atoms with Gasteiger partial charge in [0.15, 0.2) is 5.82 Å². The average molecular weight is 268 g/mol. The molecule has 1 N–H and O–H groups in total. The molecule has 0 aliphatic carbocycles. The van der Waals surface area contributed by atoms with Gasteiger partial charge in [-0.2, -0.15) is 5.26 Å². The zero-order valence-corrected chi connectivity index (χ0v) is 10.8. The molecule has 1 aliphatic heterocycles. The van der Waals surface area contributed by atoms with Crippen molar-refractivity contribution in [3.63, 3.8) is 0 Å². The predicted octanol–water partition coefficient (Wildman–Crippen LogP) is 0.457. The predicted molar refractivity (Wildman–Crippen MR) is 68.7 cm³/mol. The van der Waals surface area contributed by atoms with Gasteiger partial charge in [0, 0.05) is 26.2 Å². The number of nitriles is 1. The van der Waals surface area contributed by atoms with Gasteiger partial charge in [-0.25, -0.2) is 4.98 Å². The van der Waals surface area contributed by atoms with Crippen LogP contribution in [0, 0.1) is 11.3 Å². The Bertz CT molecular complexity index is 515. The molecule has 2 heterocycles. The smallest absolute Gasteiger partial charge is 0.271 e. The average Bonchev–Trinajstić information content (AvgIpc) is 2.41. The lowest BCUT2D eigenvalue weighted by atomic mass is 10.2. The molecule has 6 nitrogen and oxygen atoms in total. The summed E-state index contributed by atoms with van der Waals surface area (Å²) < 4.78 is 0. The fraction of sp³-hybridized carbons (Fsp3) is 0.545. The van der Waals surface area contributed by atoms with Crippen molar-refractivity contribution in [3.8, 4) is 6.07 Å². The summed E-state index contributed by atoms with van der Waals surface area (Å²) in [4.78, 5) is 22.0. The first kappa shape index (κ1) is 12.9. The van der Waals surface area contributed by atoms with Gasteiger partial charge in [0.1, 0.15) is 5.02 Å². The number of halogens is 1. The lowest BCUT2D eigenvalue weighted by Crippen LogP contribution is -2.49. The summed E-state index contributed by atoms with van der Waals surface area (Å²) in [5.41, 5.74) is -0.325. The van der Waals surface area contributed by atoms with Gasteiger partial charge in [0.25, 0.3) is 5.56 Å². The number of aromatic nitrogens is 2. The second kappa shape index (κ2) is 5.38. The summed E-state index contributed by atoms with van der Waals surface area (Å²) in [7, 11) is 0. The largest absolute Gasteiger partial charge is 0.353 e. The van der Waals surface area contributed by atoms with Crippen molar-refractivity contribution in [2.24, 2.45) is 0 Å². The van der Waals surface area contributed by atoms with Gasteiger partial charge in [-0.15, -0.1) is 0 Å². The van der Waals surface area contributed by atoms with E-state index in [4.69, 9.17) is 16.9 Å². The molecule has 1 aromatic rings. The van der Waals surface area contributed by atoms with Crippen molar-refractivity contribution in [1.29, 1.82) is 5.26 Å². The van der Waals surface area contributed by atoms with Gasteiger partial charge >= 0.3 is 0 Å². The Morgan fingerprint density at radius 1 is 1.50 bits per heavy atom. The number of H-pyrrole nitrogens is 1. The first-order chi connectivity index (χ1) is 8.63. The van der Waals surface area contributed by atoms with Crippen molar-refractivity contribution >= 4 is 17.4 Å². The van der Waals surface area contributed by atoms with Crippen LogP contribution in [0.2, 0.25) is 5.02 Å². The summed E-state index contributed by atoms with van der Waals surface area (Å²) in [6.45, 7) is 4.83. The number of hydrogen-bond donors (Lipinski definition) is 1. The minimum absolute atomic E-state index is 0.0882. The third kappa shape index (κ3) is 2.47. The fourth-order valence-corrected chi connectivity index (χ4v) is 2.22. The standard InChI is InChI=1S/C11H14ClN5O/c1-8(6-13)16-2-4-17(5-3-16)10-9(12)11(18)15-7-14-10/h7-8H,2-5H2,1H3,(H,14,15,18). The van der Waals surface area contributed by atoms with Gasteiger partial charge in [0.2, 0.25) is 0 Å². The zero-order valence-electron chi connectivity index (χ0n) is 10.1. The zero-order chi connectivity index (χ0) is 13.1. The highest BCUT2D eigenvalue weighted by Crippen LogP contribution is 2.20. The molecule has 1 fully saturated rings. The Balaban J connectivity index is 2.09. The number of piperazine rings is 1. The quantitative estimate of drug-likeness (QED) is 0.842. The molecule has 1 aromatic heterocycles. The molecule has 0 radical (unpaired) electrons. The molecular formula is C11H14ClN5O. The normalized spacial score (nSPS) is 18.4. The molecule has 0 bridgehead atoms. The molecule has 1 atom stereocenters. The second-order valence-electron chi connectivity index (χ2n) is 4.20. The van der Waals surface area contributed by atoms with Crippen LogP contribution >= 0.6 is 11.6 Å². The molecule has 18 heavy (non-hydrogen) atoms. The summed E-state index contributed by atoms with van der Waals surface area (Å²) >= 11 is 5.94. The van der Waals surface area contributed by atoms with Crippen LogP contribution < -0.4 is 10.5 Å². The van der Waals surface area contributed by atoms with Crippen LogP contribution in [-0.4, -0.2) is 47.1 Å². The molecule has 96 valence electrons. The number of nitrogens with one attached hydrogen (secondary N) is 1. The maximum absolute atomic E-state index is 11.4. The van der Waals surface area contributed by atoms with Gasteiger partial charge in [-0.3, -0.25) is 9.69 Å². The molecule has 0 aromatic carbocycles. The molecule has 0 amide bonds. The number of hydrogen-bond acceptors (Lipinski definition) is 5. The van der Waals surface area contributed by atoms with Gasteiger partial charge in [-0.05, 0) is 6.92 Å². The van der Waals surface area contributed by atoms with Gasteiger partial charge in [0.05, 0.1) is 18.4 Å². The van der Waals surface area contributed by atoms with Crippen molar-refractivity contribution in [2.75, 3.05) is 31.1 Å². The van der Waals surface area contributed by atoms with Crippen LogP contribution in [0.5, 0.6) is 0 Å². The monoisotopic (exact) mass is 267 g/mol. The Labute approximate surface area is 110 Å². The first-order valence-corrected chi connectivity index (χ1v) is 6.13. The topological polar surface area (TPSA) is 76.0 Å². The molecule has 1 saturated heterocycles. The highest BCUT2D eigenvalue weighted by atomic mass is 35.5. The Morgan fingerprint density at radius 3 is 2.78 bits per heavy atom. The van der Waals surface area contributed by atoms with Crippen LogP contribution in [0.1, 0.15) is 6.92 Å². The van der Waals surface area contributed by atoms with Crippen LogP contribution in [0.25, 0.3) is 0 Å².